The van der Waals surface area contributed by atoms with Crippen LogP contribution < -0.4 is 9.62 Å². The van der Waals surface area contributed by atoms with Gasteiger partial charge in [0.2, 0.25) is 10.0 Å². The van der Waals surface area contributed by atoms with E-state index in [1.165, 1.54) is 55.8 Å². The molecule has 0 radical (unpaired) electrons. The van der Waals surface area contributed by atoms with E-state index in [1.807, 2.05) is 30.3 Å². The number of aromatic nitrogens is 2. The van der Waals surface area contributed by atoms with Crippen LogP contribution in [-0.2, 0) is 10.0 Å². The predicted molar refractivity (Wildman–Crippen MR) is 160 cm³/mol. The smallest absolute Gasteiger partial charge is 0.255 e. The van der Waals surface area contributed by atoms with Gasteiger partial charge in [0.15, 0.2) is 11.6 Å². The molecule has 0 atom stereocenters. The molecule has 3 heterocycles. The number of rotatable bonds is 6. The van der Waals surface area contributed by atoms with Crippen LogP contribution in [0.3, 0.4) is 0 Å². The molecule has 8 nitrogen and oxygen atoms in total. The quantitative estimate of drug-likeness (QED) is 0.234. The Morgan fingerprint density at radius 3 is 2.48 bits per heavy atom. The Morgan fingerprint density at radius 1 is 1.05 bits per heavy atom. The molecule has 1 amide bonds. The van der Waals surface area contributed by atoms with Crippen LogP contribution in [0.25, 0.3) is 54.3 Å². The predicted octanol–water partition coefficient (Wildman–Crippen LogP) is 6.47. The Hall–Kier alpha value is -4.68. The summed E-state index contributed by atoms with van der Waals surface area (Å²) in [7, 11) is -0.959. The van der Waals surface area contributed by atoms with Crippen LogP contribution in [0.2, 0.25) is 0 Å². The van der Waals surface area contributed by atoms with E-state index in [9.17, 15) is 17.6 Å². The van der Waals surface area contributed by atoms with Gasteiger partial charge in [-0.25, -0.2) is 27.2 Å². The molecule has 0 fully saturated rings. The average Bonchev–Trinajstić information content (AvgIpc) is 3.57. The molecule has 0 saturated heterocycles. The van der Waals surface area contributed by atoms with Gasteiger partial charge in [-0.15, -0.1) is 11.3 Å². The first-order valence-electron chi connectivity index (χ1n) is 12.6. The largest absolute Gasteiger partial charge is 0.455 e. The monoisotopic (exact) mass is 604 g/mol. The maximum Gasteiger partial charge on any atom is 0.255 e. The number of nitrogens with one attached hydrogen (secondary N) is 1. The van der Waals surface area contributed by atoms with Crippen molar-refractivity contribution in [2.24, 2.45) is 0 Å². The summed E-state index contributed by atoms with van der Waals surface area (Å²) in [5, 5.41) is 3.86. The molecule has 0 aliphatic heterocycles. The van der Waals surface area contributed by atoms with Gasteiger partial charge in [-0.05, 0) is 47.9 Å². The molecular formula is C30H22F2N4O4S2. The minimum Gasteiger partial charge on any atom is -0.455 e. The fourth-order valence-corrected chi connectivity index (χ4v) is 6.24. The lowest BCUT2D eigenvalue weighted by Gasteiger charge is -2.20. The fourth-order valence-electron chi connectivity index (χ4n) is 4.67. The van der Waals surface area contributed by atoms with E-state index in [-0.39, 0.29) is 39.7 Å². The summed E-state index contributed by atoms with van der Waals surface area (Å²) in [4.78, 5) is 22.4. The van der Waals surface area contributed by atoms with E-state index in [4.69, 9.17) is 4.42 Å². The summed E-state index contributed by atoms with van der Waals surface area (Å²) in [5.74, 6) is -1.37. The van der Waals surface area contributed by atoms with Gasteiger partial charge < -0.3 is 9.73 Å². The third-order valence-electron chi connectivity index (χ3n) is 6.85. The third-order valence-corrected chi connectivity index (χ3v) is 9.16. The summed E-state index contributed by atoms with van der Waals surface area (Å²) in [6, 6.07) is 17.9. The molecular weight excluding hydrogens is 582 g/mol. The van der Waals surface area contributed by atoms with Gasteiger partial charge >= 0.3 is 0 Å². The number of thiophene rings is 1. The number of fused-ring (bicyclic) bond motifs is 2. The molecule has 12 heteroatoms. The number of carbonyl (C=O) groups is 1. The van der Waals surface area contributed by atoms with Crippen LogP contribution in [0, 0.1) is 11.6 Å². The molecule has 0 aliphatic carbocycles. The van der Waals surface area contributed by atoms with Crippen LogP contribution in [0.15, 0.2) is 77.3 Å². The Morgan fingerprint density at radius 2 is 1.79 bits per heavy atom. The van der Waals surface area contributed by atoms with Gasteiger partial charge in [-0.1, -0.05) is 18.2 Å². The zero-order chi connectivity index (χ0) is 29.8. The number of furan rings is 1. The first-order valence-corrected chi connectivity index (χ1v) is 15.3. The molecule has 212 valence electrons. The van der Waals surface area contributed by atoms with E-state index < -0.39 is 27.6 Å². The standard InChI is InChI=1S/C30H22F2N4O4S2/c1-33-30(37)26-20-13-19(29-34-15-21(32)27(35-29)25-12-17-6-4-5-7-24(17)41-25)22(36(2)42(3,38)39)14-23(20)40-28(26)16-8-10-18(31)11-9-16/h4-15H,1-3H3,(H,33,37). The number of hydrogen-bond donors (Lipinski definition) is 1. The third kappa shape index (κ3) is 4.78. The van der Waals surface area contributed by atoms with Crippen molar-refractivity contribution in [2.75, 3.05) is 24.7 Å². The number of halogens is 2. The first kappa shape index (κ1) is 27.5. The van der Waals surface area contributed by atoms with Gasteiger partial charge in [-0.3, -0.25) is 9.10 Å². The van der Waals surface area contributed by atoms with Crippen LogP contribution in [0.1, 0.15) is 10.4 Å². The van der Waals surface area contributed by atoms with Crippen LogP contribution in [0.5, 0.6) is 0 Å². The molecule has 6 rings (SSSR count). The van der Waals surface area contributed by atoms with Crippen LogP contribution in [-0.4, -0.2) is 44.6 Å². The second-order valence-corrected chi connectivity index (χ2v) is 12.6. The number of amides is 1. The summed E-state index contributed by atoms with van der Waals surface area (Å²) in [5.41, 5.74) is 1.24. The lowest BCUT2D eigenvalue weighted by atomic mass is 10.0. The van der Waals surface area contributed by atoms with Crippen molar-refractivity contribution < 1.29 is 26.4 Å². The molecule has 0 bridgehead atoms. The molecule has 42 heavy (non-hydrogen) atoms. The van der Waals surface area contributed by atoms with Crippen molar-refractivity contribution in [3.05, 3.63) is 90.1 Å². The Balaban J connectivity index is 1.63. The SMILES string of the molecule is CNC(=O)c1c(-c2ccc(F)cc2)oc2cc(N(C)S(C)(=O)=O)c(-c3ncc(F)c(-c4cc5ccccc5s4)n3)cc12. The highest BCUT2D eigenvalue weighted by Crippen LogP contribution is 2.41. The van der Waals surface area contributed by atoms with Crippen molar-refractivity contribution >= 4 is 54.0 Å². The molecule has 3 aromatic heterocycles. The highest BCUT2D eigenvalue weighted by atomic mass is 32.2. The number of anilines is 1. The van der Waals surface area contributed by atoms with Crippen molar-refractivity contribution in [3.63, 3.8) is 0 Å². The second-order valence-electron chi connectivity index (χ2n) is 9.53. The maximum absolute atomic E-state index is 15.1. The molecule has 6 aromatic rings. The summed E-state index contributed by atoms with van der Waals surface area (Å²) in [6.07, 6.45) is 2.08. The van der Waals surface area contributed by atoms with E-state index in [1.54, 1.807) is 6.07 Å². The summed E-state index contributed by atoms with van der Waals surface area (Å²) >= 11 is 1.37. The Bertz CT molecular complexity index is 2090. The summed E-state index contributed by atoms with van der Waals surface area (Å²) < 4.78 is 62.2. The Labute approximate surface area is 243 Å². The number of benzene rings is 3. The van der Waals surface area contributed by atoms with Gasteiger partial charge in [0.1, 0.15) is 22.9 Å². The van der Waals surface area contributed by atoms with Crippen molar-refractivity contribution in [2.45, 2.75) is 0 Å². The van der Waals surface area contributed by atoms with Gasteiger partial charge in [0, 0.05) is 41.4 Å². The second kappa shape index (κ2) is 10.3. The number of carbonyl (C=O) groups excluding carboxylic acids is 1. The molecule has 1 N–H and O–H groups in total. The lowest BCUT2D eigenvalue weighted by molar-refractivity contribution is 0.0964. The summed E-state index contributed by atoms with van der Waals surface area (Å²) in [6.45, 7) is 0. The first-order chi connectivity index (χ1) is 20.0. The minimum absolute atomic E-state index is 0.0450. The molecule has 0 unspecified atom stereocenters. The molecule has 0 spiro atoms. The lowest BCUT2D eigenvalue weighted by Crippen LogP contribution is -2.25. The van der Waals surface area contributed by atoms with E-state index in [0.717, 1.165) is 26.8 Å². The van der Waals surface area contributed by atoms with E-state index >= 15 is 4.39 Å². The van der Waals surface area contributed by atoms with E-state index in [0.29, 0.717) is 15.8 Å². The maximum atomic E-state index is 15.1. The zero-order valence-corrected chi connectivity index (χ0v) is 24.1. The van der Waals surface area contributed by atoms with Crippen molar-refractivity contribution in [3.8, 4) is 33.3 Å². The van der Waals surface area contributed by atoms with E-state index in [2.05, 4.69) is 15.3 Å². The van der Waals surface area contributed by atoms with Gasteiger partial charge in [-0.2, -0.15) is 0 Å². The number of nitrogens with zero attached hydrogens (tertiary/aromatic N) is 3. The topological polar surface area (TPSA) is 105 Å². The highest BCUT2D eigenvalue weighted by Gasteiger charge is 2.27. The Kier molecular flexibility index (Phi) is 6.74. The zero-order valence-electron chi connectivity index (χ0n) is 22.5. The number of hydrogen-bond acceptors (Lipinski definition) is 7. The van der Waals surface area contributed by atoms with Gasteiger partial charge in [0.25, 0.3) is 5.91 Å². The normalized spacial score (nSPS) is 11.7. The average molecular weight is 605 g/mol. The molecule has 3 aromatic carbocycles. The van der Waals surface area contributed by atoms with Crippen molar-refractivity contribution in [1.82, 2.24) is 15.3 Å². The molecule has 0 aliphatic rings. The fraction of sp³-hybridized carbons (Fsp3) is 0.100. The minimum atomic E-state index is -3.78. The van der Waals surface area contributed by atoms with Crippen LogP contribution in [0.4, 0.5) is 14.5 Å². The molecule has 0 saturated carbocycles. The van der Waals surface area contributed by atoms with Gasteiger partial charge in [0.05, 0.1) is 28.6 Å². The highest BCUT2D eigenvalue weighted by molar-refractivity contribution is 7.92. The van der Waals surface area contributed by atoms with Crippen molar-refractivity contribution in [1.29, 1.82) is 0 Å². The van der Waals surface area contributed by atoms with Crippen LogP contribution >= 0.6 is 11.3 Å². The number of sulfonamides is 1.